The lowest BCUT2D eigenvalue weighted by Gasteiger charge is -2.19. The van der Waals surface area contributed by atoms with E-state index in [1.807, 2.05) is 0 Å². The molecule has 3 heterocycles. The first-order valence-corrected chi connectivity index (χ1v) is 8.77. The molecular weight excluding hydrogens is 384 g/mol. The van der Waals surface area contributed by atoms with Crippen LogP contribution in [0.2, 0.25) is 0 Å². The van der Waals surface area contributed by atoms with Crippen molar-refractivity contribution in [2.45, 2.75) is 25.4 Å². The predicted molar refractivity (Wildman–Crippen MR) is 98.1 cm³/mol. The Bertz CT molecular complexity index is 1180. The third kappa shape index (κ3) is 2.96. The molecule has 2 aromatic heterocycles. The Morgan fingerprint density at radius 2 is 2.00 bits per heavy atom. The van der Waals surface area contributed by atoms with Crippen LogP contribution in [0.1, 0.15) is 19.1 Å². The summed E-state index contributed by atoms with van der Waals surface area (Å²) in [5.41, 5.74) is -0.960. The molecule has 0 radical (unpaired) electrons. The van der Waals surface area contributed by atoms with Crippen molar-refractivity contribution in [3.8, 4) is 0 Å². The lowest BCUT2D eigenvalue weighted by atomic mass is 9.99. The molecule has 1 fully saturated rings. The van der Waals surface area contributed by atoms with Crippen molar-refractivity contribution in [2.75, 3.05) is 6.54 Å². The van der Waals surface area contributed by atoms with Crippen LogP contribution in [0.4, 0.5) is 10.5 Å². The molecule has 1 aliphatic heterocycles. The second-order valence-electron chi connectivity index (χ2n) is 6.77. The summed E-state index contributed by atoms with van der Waals surface area (Å²) in [5.74, 6) is -0.807. The fourth-order valence-corrected chi connectivity index (χ4v) is 3.39. The van der Waals surface area contributed by atoms with Gasteiger partial charge in [-0.2, -0.15) is 0 Å². The van der Waals surface area contributed by atoms with Gasteiger partial charge in [0, 0.05) is 25.2 Å². The van der Waals surface area contributed by atoms with Gasteiger partial charge in [-0.25, -0.2) is 9.59 Å². The Labute approximate surface area is 162 Å². The summed E-state index contributed by atoms with van der Waals surface area (Å²) >= 11 is 0. The molecule has 1 N–H and O–H groups in total. The Morgan fingerprint density at radius 1 is 1.21 bits per heavy atom. The Hall–Kier alpha value is -3.89. The van der Waals surface area contributed by atoms with E-state index in [9.17, 15) is 24.5 Å². The first-order chi connectivity index (χ1) is 13.8. The van der Waals surface area contributed by atoms with Crippen LogP contribution in [-0.4, -0.2) is 32.9 Å². The highest BCUT2D eigenvalue weighted by atomic mass is 16.6. The molecular formula is C18H16N4O7. The van der Waals surface area contributed by atoms with Crippen molar-refractivity contribution in [2.24, 2.45) is 0 Å². The summed E-state index contributed by atoms with van der Waals surface area (Å²) in [6.45, 7) is 1.72. The van der Waals surface area contributed by atoms with Gasteiger partial charge in [-0.3, -0.25) is 24.4 Å². The van der Waals surface area contributed by atoms with E-state index in [2.05, 4.69) is 5.32 Å². The number of furan rings is 1. The normalized spacial score (nSPS) is 19.1. The number of hydrogen-bond acceptors (Lipinski definition) is 7. The predicted octanol–water partition coefficient (Wildman–Crippen LogP) is 1.95. The monoisotopic (exact) mass is 400 g/mol. The quantitative estimate of drug-likeness (QED) is 0.379. The minimum atomic E-state index is -1.29. The van der Waals surface area contributed by atoms with E-state index in [0.29, 0.717) is 5.76 Å². The maximum atomic E-state index is 12.7. The standard InChI is InChI=1S/C18H16N4O7/c1-18(14-4-2-9-28-14)15(23)21(16(24)19-18)8-3-7-20-12-10-11(22(26)27)5-6-13(12)29-17(20)25/h2,4-6,9-10H,3,7-8H2,1H3,(H,19,24). The number of aryl methyl sites for hydroxylation is 1. The van der Waals surface area contributed by atoms with E-state index in [0.717, 1.165) is 4.90 Å². The van der Waals surface area contributed by atoms with E-state index >= 15 is 0 Å². The third-order valence-electron chi connectivity index (χ3n) is 4.91. The molecule has 11 heteroatoms. The molecule has 1 saturated heterocycles. The molecule has 1 aliphatic rings. The number of amides is 3. The highest BCUT2D eigenvalue weighted by molar-refractivity contribution is 6.06. The number of carbonyl (C=O) groups is 2. The van der Waals surface area contributed by atoms with Gasteiger partial charge >= 0.3 is 11.8 Å². The van der Waals surface area contributed by atoms with Gasteiger partial charge in [-0.15, -0.1) is 0 Å². The molecule has 1 atom stereocenters. The van der Waals surface area contributed by atoms with Gasteiger partial charge in [0.1, 0.15) is 5.76 Å². The molecule has 3 aromatic rings. The highest BCUT2D eigenvalue weighted by Crippen LogP contribution is 2.29. The van der Waals surface area contributed by atoms with Crippen molar-refractivity contribution < 1.29 is 23.3 Å². The molecule has 1 unspecified atom stereocenters. The second kappa shape index (κ2) is 6.62. The van der Waals surface area contributed by atoms with Gasteiger partial charge in [0.15, 0.2) is 11.1 Å². The van der Waals surface area contributed by atoms with E-state index < -0.39 is 28.2 Å². The number of rotatable bonds is 6. The lowest BCUT2D eigenvalue weighted by Crippen LogP contribution is -2.40. The minimum absolute atomic E-state index is 0.0506. The van der Waals surface area contributed by atoms with Crippen molar-refractivity contribution in [1.82, 2.24) is 14.8 Å². The number of nitro benzene ring substituents is 1. The van der Waals surface area contributed by atoms with Gasteiger partial charge in [-0.1, -0.05) is 0 Å². The van der Waals surface area contributed by atoms with Crippen molar-refractivity contribution in [3.05, 3.63) is 63.0 Å². The molecule has 11 nitrogen and oxygen atoms in total. The van der Waals surface area contributed by atoms with Gasteiger partial charge in [0.25, 0.3) is 11.6 Å². The average Bonchev–Trinajstić information content (AvgIpc) is 3.36. The summed E-state index contributed by atoms with van der Waals surface area (Å²) in [4.78, 5) is 48.6. The molecule has 3 amide bonds. The number of nitro groups is 1. The largest absolute Gasteiger partial charge is 0.466 e. The molecule has 0 aliphatic carbocycles. The van der Waals surface area contributed by atoms with E-state index in [1.165, 1.54) is 29.0 Å². The number of imide groups is 1. The summed E-state index contributed by atoms with van der Waals surface area (Å²) in [7, 11) is 0. The van der Waals surface area contributed by atoms with Crippen LogP contribution in [0.5, 0.6) is 0 Å². The fourth-order valence-electron chi connectivity index (χ4n) is 3.39. The van der Waals surface area contributed by atoms with Crippen molar-refractivity contribution in [3.63, 3.8) is 0 Å². The number of aromatic nitrogens is 1. The molecule has 0 spiro atoms. The summed E-state index contributed by atoms with van der Waals surface area (Å²) in [6, 6.07) is 6.52. The van der Waals surface area contributed by atoms with E-state index in [4.69, 9.17) is 8.83 Å². The topological polar surface area (TPSA) is 141 Å². The molecule has 4 rings (SSSR count). The second-order valence-corrected chi connectivity index (χ2v) is 6.77. The maximum Gasteiger partial charge on any atom is 0.419 e. The SMILES string of the molecule is CC1(c2ccco2)NC(=O)N(CCCn2c(=O)oc3ccc([N+](=O)[O-])cc32)C1=O. The number of nitrogens with zero attached hydrogens (tertiary/aromatic N) is 3. The van der Waals surface area contributed by atoms with E-state index in [1.54, 1.807) is 19.1 Å². The minimum Gasteiger partial charge on any atom is -0.466 e. The van der Waals surface area contributed by atoms with Crippen LogP contribution in [0, 0.1) is 10.1 Å². The first kappa shape index (κ1) is 18.5. The Kier molecular flexibility index (Phi) is 4.22. The number of carbonyl (C=O) groups excluding carboxylic acids is 2. The number of non-ortho nitro benzene ring substituents is 1. The Morgan fingerprint density at radius 3 is 2.69 bits per heavy atom. The molecule has 0 saturated carbocycles. The summed E-state index contributed by atoms with van der Waals surface area (Å²) in [6.07, 6.45) is 1.67. The molecule has 0 bridgehead atoms. The van der Waals surface area contributed by atoms with Crippen LogP contribution in [0.3, 0.4) is 0 Å². The average molecular weight is 400 g/mol. The fraction of sp³-hybridized carbons (Fsp3) is 0.278. The van der Waals surface area contributed by atoms with Crippen LogP contribution in [-0.2, 0) is 16.9 Å². The molecule has 29 heavy (non-hydrogen) atoms. The molecule has 1 aromatic carbocycles. The molecule has 150 valence electrons. The number of hydrogen-bond donors (Lipinski definition) is 1. The zero-order valence-corrected chi connectivity index (χ0v) is 15.3. The number of nitrogens with one attached hydrogen (secondary N) is 1. The van der Waals surface area contributed by atoms with Crippen molar-refractivity contribution in [1.29, 1.82) is 0 Å². The number of urea groups is 1. The number of benzene rings is 1. The van der Waals surface area contributed by atoms with Gasteiger partial charge in [0.05, 0.1) is 16.7 Å². The summed E-state index contributed by atoms with van der Waals surface area (Å²) < 4.78 is 11.6. The van der Waals surface area contributed by atoms with Gasteiger partial charge < -0.3 is 14.2 Å². The Balaban J connectivity index is 1.51. The maximum absolute atomic E-state index is 12.7. The van der Waals surface area contributed by atoms with E-state index in [-0.39, 0.29) is 36.3 Å². The summed E-state index contributed by atoms with van der Waals surface area (Å²) in [5, 5.41) is 13.6. The van der Waals surface area contributed by atoms with Gasteiger partial charge in [-0.05, 0) is 31.5 Å². The number of fused-ring (bicyclic) bond motifs is 1. The lowest BCUT2D eigenvalue weighted by molar-refractivity contribution is -0.384. The highest BCUT2D eigenvalue weighted by Gasteiger charge is 2.50. The smallest absolute Gasteiger partial charge is 0.419 e. The van der Waals surface area contributed by atoms with Crippen LogP contribution in [0.15, 0.2) is 50.2 Å². The zero-order chi connectivity index (χ0) is 20.8. The van der Waals surface area contributed by atoms with Gasteiger partial charge in [0.2, 0.25) is 0 Å². The van der Waals surface area contributed by atoms with Crippen LogP contribution in [0.25, 0.3) is 11.1 Å². The number of oxazole rings is 1. The third-order valence-corrected chi connectivity index (χ3v) is 4.91. The van der Waals surface area contributed by atoms with Crippen LogP contribution < -0.4 is 11.1 Å². The van der Waals surface area contributed by atoms with Crippen LogP contribution >= 0.6 is 0 Å². The van der Waals surface area contributed by atoms with Crippen molar-refractivity contribution >= 4 is 28.7 Å². The zero-order valence-electron chi connectivity index (χ0n) is 15.3. The first-order valence-electron chi connectivity index (χ1n) is 8.77.